The SMILES string of the molecule is COc1ccc(C(N)=S)c(NC(C)C(C)C)c1. The lowest BCUT2D eigenvalue weighted by Crippen LogP contribution is -2.23. The fourth-order valence-electron chi connectivity index (χ4n) is 1.40. The summed E-state index contributed by atoms with van der Waals surface area (Å²) in [5, 5.41) is 3.42. The fraction of sp³-hybridized carbons (Fsp3) is 0.462. The molecule has 0 amide bonds. The molecule has 1 aromatic rings. The van der Waals surface area contributed by atoms with Crippen molar-refractivity contribution in [1.29, 1.82) is 0 Å². The van der Waals surface area contributed by atoms with E-state index in [9.17, 15) is 0 Å². The van der Waals surface area contributed by atoms with Crippen LogP contribution in [0.15, 0.2) is 18.2 Å². The molecule has 0 bridgehead atoms. The summed E-state index contributed by atoms with van der Waals surface area (Å²) in [5.74, 6) is 1.32. The fourth-order valence-corrected chi connectivity index (χ4v) is 1.57. The Morgan fingerprint density at radius 1 is 1.35 bits per heavy atom. The molecule has 4 heteroatoms. The first-order valence-electron chi connectivity index (χ1n) is 5.70. The maximum Gasteiger partial charge on any atom is 0.120 e. The van der Waals surface area contributed by atoms with Gasteiger partial charge in [0.25, 0.3) is 0 Å². The van der Waals surface area contributed by atoms with E-state index in [1.165, 1.54) is 0 Å². The van der Waals surface area contributed by atoms with Gasteiger partial charge in [-0.15, -0.1) is 0 Å². The lowest BCUT2D eigenvalue weighted by molar-refractivity contribution is 0.415. The van der Waals surface area contributed by atoms with Gasteiger partial charge in [0.2, 0.25) is 0 Å². The highest BCUT2D eigenvalue weighted by Crippen LogP contribution is 2.24. The predicted octanol–water partition coefficient (Wildman–Crippen LogP) is 2.79. The normalized spacial score (nSPS) is 12.3. The minimum absolute atomic E-state index is 0.343. The largest absolute Gasteiger partial charge is 0.497 e. The zero-order valence-corrected chi connectivity index (χ0v) is 11.6. The highest BCUT2D eigenvalue weighted by molar-refractivity contribution is 7.80. The molecular formula is C13H20N2OS. The molecule has 0 saturated heterocycles. The number of nitrogens with one attached hydrogen (secondary N) is 1. The first-order valence-corrected chi connectivity index (χ1v) is 6.11. The quantitative estimate of drug-likeness (QED) is 0.791. The van der Waals surface area contributed by atoms with Crippen molar-refractivity contribution in [3.8, 4) is 5.75 Å². The Morgan fingerprint density at radius 2 is 2.00 bits per heavy atom. The van der Waals surface area contributed by atoms with Crippen LogP contribution in [-0.4, -0.2) is 18.1 Å². The number of hydrogen-bond donors (Lipinski definition) is 2. The maximum absolute atomic E-state index is 5.71. The molecule has 1 rings (SSSR count). The van der Waals surface area contributed by atoms with Crippen LogP contribution in [0.2, 0.25) is 0 Å². The Morgan fingerprint density at radius 3 is 2.47 bits per heavy atom. The van der Waals surface area contributed by atoms with Gasteiger partial charge in [-0.05, 0) is 25.0 Å². The second-order valence-electron chi connectivity index (χ2n) is 4.45. The van der Waals surface area contributed by atoms with Gasteiger partial charge in [0, 0.05) is 23.4 Å². The van der Waals surface area contributed by atoms with Crippen molar-refractivity contribution >= 4 is 22.9 Å². The predicted molar refractivity (Wildman–Crippen MR) is 76.8 cm³/mol. The van der Waals surface area contributed by atoms with Gasteiger partial charge in [-0.2, -0.15) is 0 Å². The van der Waals surface area contributed by atoms with Gasteiger partial charge >= 0.3 is 0 Å². The van der Waals surface area contributed by atoms with E-state index in [1.807, 2.05) is 18.2 Å². The third-order valence-corrected chi connectivity index (χ3v) is 3.10. The Hall–Kier alpha value is -1.29. The van der Waals surface area contributed by atoms with Crippen molar-refractivity contribution in [3.63, 3.8) is 0 Å². The number of anilines is 1. The molecule has 0 aliphatic rings. The van der Waals surface area contributed by atoms with Crippen molar-refractivity contribution in [1.82, 2.24) is 0 Å². The molecule has 0 aliphatic heterocycles. The molecule has 0 heterocycles. The molecule has 3 nitrogen and oxygen atoms in total. The van der Waals surface area contributed by atoms with Gasteiger partial charge < -0.3 is 15.8 Å². The van der Waals surface area contributed by atoms with Crippen LogP contribution in [0.25, 0.3) is 0 Å². The Balaban J connectivity index is 3.05. The first-order chi connectivity index (χ1) is 7.95. The molecule has 0 radical (unpaired) electrons. The summed E-state index contributed by atoms with van der Waals surface area (Å²) in [4.78, 5) is 0.395. The second kappa shape index (κ2) is 5.87. The lowest BCUT2D eigenvalue weighted by Gasteiger charge is -2.21. The molecule has 1 atom stereocenters. The molecule has 0 saturated carbocycles. The van der Waals surface area contributed by atoms with Crippen LogP contribution in [-0.2, 0) is 0 Å². The van der Waals surface area contributed by atoms with Crippen LogP contribution in [0.1, 0.15) is 26.3 Å². The molecule has 1 aromatic carbocycles. The summed E-state index contributed by atoms with van der Waals surface area (Å²) in [5.41, 5.74) is 7.49. The molecule has 0 fully saturated rings. The van der Waals surface area contributed by atoms with Crippen LogP contribution in [0.4, 0.5) is 5.69 Å². The van der Waals surface area contributed by atoms with Crippen molar-refractivity contribution in [2.75, 3.05) is 12.4 Å². The maximum atomic E-state index is 5.71. The standard InChI is InChI=1S/C13H20N2OS/c1-8(2)9(3)15-12-7-10(16-4)5-6-11(12)13(14)17/h5-9,15H,1-4H3,(H2,14,17). The average molecular weight is 252 g/mol. The van der Waals surface area contributed by atoms with Crippen molar-refractivity contribution in [2.24, 2.45) is 11.7 Å². The van der Waals surface area contributed by atoms with Gasteiger partial charge in [-0.3, -0.25) is 0 Å². The minimum Gasteiger partial charge on any atom is -0.497 e. The smallest absolute Gasteiger partial charge is 0.120 e. The Bertz CT molecular complexity index is 404. The molecule has 17 heavy (non-hydrogen) atoms. The summed E-state index contributed by atoms with van der Waals surface area (Å²) < 4.78 is 5.21. The van der Waals surface area contributed by atoms with Crippen molar-refractivity contribution in [2.45, 2.75) is 26.8 Å². The Labute approximate surface area is 108 Å². The molecule has 0 aliphatic carbocycles. The summed E-state index contributed by atoms with van der Waals surface area (Å²) in [7, 11) is 1.64. The van der Waals surface area contributed by atoms with Crippen LogP contribution < -0.4 is 15.8 Å². The van der Waals surface area contributed by atoms with Crippen molar-refractivity contribution < 1.29 is 4.74 Å². The lowest BCUT2D eigenvalue weighted by atomic mass is 10.0. The van der Waals surface area contributed by atoms with Crippen LogP contribution >= 0.6 is 12.2 Å². The van der Waals surface area contributed by atoms with E-state index < -0.39 is 0 Å². The highest BCUT2D eigenvalue weighted by Gasteiger charge is 2.12. The summed E-state index contributed by atoms with van der Waals surface area (Å²) in [6, 6.07) is 6.01. The number of methoxy groups -OCH3 is 1. The second-order valence-corrected chi connectivity index (χ2v) is 4.89. The van der Waals surface area contributed by atoms with Gasteiger partial charge in [-0.1, -0.05) is 26.1 Å². The van der Waals surface area contributed by atoms with E-state index in [-0.39, 0.29) is 0 Å². The molecule has 94 valence electrons. The molecular weight excluding hydrogens is 232 g/mol. The molecule has 0 aromatic heterocycles. The third kappa shape index (κ3) is 3.60. The zero-order chi connectivity index (χ0) is 13.0. The van der Waals surface area contributed by atoms with E-state index in [0.29, 0.717) is 16.9 Å². The number of thiocarbonyl (C=S) groups is 1. The number of ether oxygens (including phenoxy) is 1. The zero-order valence-electron chi connectivity index (χ0n) is 10.8. The number of nitrogens with two attached hydrogens (primary N) is 1. The summed E-state index contributed by atoms with van der Waals surface area (Å²) in [6.45, 7) is 6.46. The van der Waals surface area contributed by atoms with Crippen molar-refractivity contribution in [3.05, 3.63) is 23.8 Å². The monoisotopic (exact) mass is 252 g/mol. The number of hydrogen-bond acceptors (Lipinski definition) is 3. The van der Waals surface area contributed by atoms with Crippen LogP contribution in [0, 0.1) is 5.92 Å². The molecule has 0 spiro atoms. The van der Waals surface area contributed by atoms with E-state index >= 15 is 0 Å². The molecule has 1 unspecified atom stereocenters. The average Bonchev–Trinajstić information content (AvgIpc) is 2.28. The van der Waals surface area contributed by atoms with Gasteiger partial charge in [0.05, 0.1) is 7.11 Å². The topological polar surface area (TPSA) is 47.3 Å². The third-order valence-electron chi connectivity index (χ3n) is 2.88. The van der Waals surface area contributed by atoms with E-state index in [4.69, 9.17) is 22.7 Å². The highest BCUT2D eigenvalue weighted by atomic mass is 32.1. The number of benzene rings is 1. The molecule has 3 N–H and O–H groups in total. The van der Waals surface area contributed by atoms with Crippen LogP contribution in [0.5, 0.6) is 5.75 Å². The van der Waals surface area contributed by atoms with E-state index in [1.54, 1.807) is 7.11 Å². The number of rotatable bonds is 5. The first kappa shape index (κ1) is 13.8. The summed E-state index contributed by atoms with van der Waals surface area (Å²) >= 11 is 5.04. The summed E-state index contributed by atoms with van der Waals surface area (Å²) in [6.07, 6.45) is 0. The Kier molecular flexibility index (Phi) is 4.75. The van der Waals surface area contributed by atoms with E-state index in [0.717, 1.165) is 17.0 Å². The minimum atomic E-state index is 0.343. The van der Waals surface area contributed by atoms with Gasteiger partial charge in [-0.25, -0.2) is 0 Å². The van der Waals surface area contributed by atoms with E-state index in [2.05, 4.69) is 26.1 Å². The van der Waals surface area contributed by atoms with Gasteiger partial charge in [0.1, 0.15) is 10.7 Å². The van der Waals surface area contributed by atoms with Gasteiger partial charge in [0.15, 0.2) is 0 Å². The van der Waals surface area contributed by atoms with Crippen LogP contribution in [0.3, 0.4) is 0 Å².